The van der Waals surface area contributed by atoms with Gasteiger partial charge in [-0.3, -0.25) is 0 Å². The zero-order valence-electron chi connectivity index (χ0n) is 12.3. The smallest absolute Gasteiger partial charge is 0.365 e. The van der Waals surface area contributed by atoms with E-state index in [0.717, 1.165) is 6.42 Å². The Balaban J connectivity index is 2.98. The molecule has 0 radical (unpaired) electrons. The molecule has 5 nitrogen and oxygen atoms in total. The zero-order chi connectivity index (χ0) is 15.7. The lowest BCUT2D eigenvalue weighted by molar-refractivity contribution is -0.160. The first-order chi connectivity index (χ1) is 10.1. The van der Waals surface area contributed by atoms with Crippen LogP contribution in [-0.4, -0.2) is 24.1 Å². The van der Waals surface area contributed by atoms with Crippen molar-refractivity contribution in [2.75, 3.05) is 6.61 Å². The summed E-state index contributed by atoms with van der Waals surface area (Å²) in [6, 6.07) is 10.1. The first-order valence-corrected chi connectivity index (χ1v) is 6.96. The molecule has 0 aliphatic heterocycles. The number of hydrogen-bond donors (Lipinski definition) is 0. The molecule has 5 heteroatoms. The van der Waals surface area contributed by atoms with Gasteiger partial charge in [0.25, 0.3) is 5.60 Å². The van der Waals surface area contributed by atoms with Gasteiger partial charge in [0.15, 0.2) is 0 Å². The van der Waals surface area contributed by atoms with E-state index in [2.05, 4.69) is 0 Å². The molecule has 21 heavy (non-hydrogen) atoms. The molecule has 0 aromatic heterocycles. The number of hydrogen-bond acceptors (Lipinski definition) is 5. The van der Waals surface area contributed by atoms with E-state index >= 15 is 0 Å². The van der Waals surface area contributed by atoms with Crippen molar-refractivity contribution >= 4 is 11.9 Å². The number of ether oxygens (including phenoxy) is 2. The van der Waals surface area contributed by atoms with E-state index in [0.29, 0.717) is 6.42 Å². The van der Waals surface area contributed by atoms with Crippen LogP contribution in [0.1, 0.15) is 43.5 Å². The van der Waals surface area contributed by atoms with Crippen LogP contribution in [0.5, 0.6) is 0 Å². The maximum Gasteiger partial charge on any atom is 0.365 e. The molecule has 1 aromatic carbocycles. The van der Waals surface area contributed by atoms with Crippen molar-refractivity contribution in [1.29, 1.82) is 5.26 Å². The van der Waals surface area contributed by atoms with Crippen molar-refractivity contribution in [3.05, 3.63) is 35.9 Å². The van der Waals surface area contributed by atoms with Gasteiger partial charge in [0.1, 0.15) is 6.07 Å². The van der Waals surface area contributed by atoms with Crippen molar-refractivity contribution < 1.29 is 19.1 Å². The summed E-state index contributed by atoms with van der Waals surface area (Å²) in [6.07, 6.45) is 1.47. The van der Waals surface area contributed by atoms with Gasteiger partial charge < -0.3 is 9.47 Å². The Hall–Kier alpha value is -2.35. The summed E-state index contributed by atoms with van der Waals surface area (Å²) in [5.41, 5.74) is -1.59. The highest BCUT2D eigenvalue weighted by atomic mass is 16.6. The molecule has 0 aliphatic carbocycles. The molecule has 0 aliphatic rings. The van der Waals surface area contributed by atoms with Crippen molar-refractivity contribution in [3.63, 3.8) is 0 Å². The lowest BCUT2D eigenvalue weighted by Gasteiger charge is -2.24. The molecule has 0 N–H and O–H groups in total. The Morgan fingerprint density at radius 2 is 1.90 bits per heavy atom. The van der Waals surface area contributed by atoms with Gasteiger partial charge in [-0.2, -0.15) is 5.26 Å². The summed E-state index contributed by atoms with van der Waals surface area (Å²) in [4.78, 5) is 24.2. The molecule has 1 unspecified atom stereocenters. The summed E-state index contributed by atoms with van der Waals surface area (Å²) >= 11 is 0. The summed E-state index contributed by atoms with van der Waals surface area (Å²) in [6.45, 7) is 3.68. The van der Waals surface area contributed by atoms with E-state index < -0.39 is 17.5 Å². The Bertz CT molecular complexity index is 521. The SMILES string of the molecule is CCCCC(C#N)(OC(=O)c1ccccc1)C(=O)OCC. The predicted molar refractivity (Wildman–Crippen MR) is 76.4 cm³/mol. The Kier molecular flexibility index (Phi) is 6.41. The van der Waals surface area contributed by atoms with Crippen molar-refractivity contribution in [2.45, 2.75) is 38.7 Å². The van der Waals surface area contributed by atoms with Crippen molar-refractivity contribution in [3.8, 4) is 6.07 Å². The van der Waals surface area contributed by atoms with Crippen molar-refractivity contribution in [2.24, 2.45) is 0 Å². The second-order valence-electron chi connectivity index (χ2n) is 4.52. The first kappa shape index (κ1) is 16.7. The topological polar surface area (TPSA) is 76.4 Å². The van der Waals surface area contributed by atoms with E-state index in [1.807, 2.05) is 13.0 Å². The molecule has 1 atom stereocenters. The molecule has 112 valence electrons. The van der Waals surface area contributed by atoms with Crippen LogP contribution in [0.15, 0.2) is 30.3 Å². The van der Waals surface area contributed by atoms with E-state index in [1.165, 1.54) is 0 Å². The highest BCUT2D eigenvalue weighted by Crippen LogP contribution is 2.23. The van der Waals surface area contributed by atoms with Crippen LogP contribution in [-0.2, 0) is 14.3 Å². The highest BCUT2D eigenvalue weighted by molar-refractivity contribution is 5.93. The fraction of sp³-hybridized carbons (Fsp3) is 0.438. The maximum absolute atomic E-state index is 12.1. The Labute approximate surface area is 124 Å². The Morgan fingerprint density at radius 3 is 2.43 bits per heavy atom. The molecule has 0 heterocycles. The van der Waals surface area contributed by atoms with Gasteiger partial charge in [-0.05, 0) is 25.5 Å². The molecule has 0 fully saturated rings. The predicted octanol–water partition coefficient (Wildman–Crippen LogP) is 2.86. The monoisotopic (exact) mass is 289 g/mol. The minimum Gasteiger partial charge on any atom is -0.462 e. The maximum atomic E-state index is 12.1. The number of carbonyl (C=O) groups excluding carboxylic acids is 2. The third-order valence-corrected chi connectivity index (χ3v) is 2.94. The van der Waals surface area contributed by atoms with Crippen LogP contribution in [0.3, 0.4) is 0 Å². The minimum atomic E-state index is -1.88. The number of carbonyl (C=O) groups is 2. The largest absolute Gasteiger partial charge is 0.462 e. The van der Waals surface area contributed by atoms with Gasteiger partial charge in [-0.25, -0.2) is 9.59 Å². The zero-order valence-corrected chi connectivity index (χ0v) is 12.3. The number of unbranched alkanes of at least 4 members (excludes halogenated alkanes) is 1. The van der Waals surface area contributed by atoms with Crippen LogP contribution in [0.2, 0.25) is 0 Å². The van der Waals surface area contributed by atoms with E-state index in [9.17, 15) is 14.9 Å². The van der Waals surface area contributed by atoms with E-state index in [1.54, 1.807) is 37.3 Å². The summed E-state index contributed by atoms with van der Waals surface area (Å²) in [7, 11) is 0. The fourth-order valence-electron chi connectivity index (χ4n) is 1.78. The van der Waals surface area contributed by atoms with Crippen LogP contribution in [0.25, 0.3) is 0 Å². The first-order valence-electron chi connectivity index (χ1n) is 6.96. The second kappa shape index (κ2) is 8.05. The number of nitriles is 1. The lowest BCUT2D eigenvalue weighted by Crippen LogP contribution is -2.43. The van der Waals surface area contributed by atoms with Crippen LogP contribution in [0, 0.1) is 11.3 Å². The van der Waals surface area contributed by atoms with Crippen LogP contribution < -0.4 is 0 Å². The van der Waals surface area contributed by atoms with E-state index in [-0.39, 0.29) is 18.6 Å². The number of benzene rings is 1. The van der Waals surface area contributed by atoms with Gasteiger partial charge in [-0.15, -0.1) is 0 Å². The molecule has 1 aromatic rings. The van der Waals surface area contributed by atoms with Crippen LogP contribution in [0.4, 0.5) is 0 Å². The normalized spacial score (nSPS) is 12.8. The summed E-state index contributed by atoms with van der Waals surface area (Å²) in [5, 5.41) is 9.37. The van der Waals surface area contributed by atoms with Gasteiger partial charge in [0, 0.05) is 6.42 Å². The minimum absolute atomic E-state index is 0.122. The standard InChI is InChI=1S/C16H19NO4/c1-3-5-11-16(12-17,15(19)20-4-2)21-14(18)13-9-7-6-8-10-13/h6-10H,3-5,11H2,1-2H3. The molecule has 0 saturated carbocycles. The lowest BCUT2D eigenvalue weighted by atomic mass is 9.98. The summed E-state index contributed by atoms with van der Waals surface area (Å²) < 4.78 is 10.1. The van der Waals surface area contributed by atoms with Crippen molar-refractivity contribution in [1.82, 2.24) is 0 Å². The van der Waals surface area contributed by atoms with Gasteiger partial charge in [0.05, 0.1) is 12.2 Å². The third kappa shape index (κ3) is 4.32. The molecule has 0 spiro atoms. The molecule has 0 saturated heterocycles. The number of nitrogens with zero attached hydrogens (tertiary/aromatic N) is 1. The highest BCUT2D eigenvalue weighted by Gasteiger charge is 2.44. The van der Waals surface area contributed by atoms with Gasteiger partial charge in [-0.1, -0.05) is 31.5 Å². The Morgan fingerprint density at radius 1 is 1.24 bits per heavy atom. The molecular formula is C16H19NO4. The van der Waals surface area contributed by atoms with Gasteiger partial charge >= 0.3 is 11.9 Å². The average molecular weight is 289 g/mol. The molecule has 1 rings (SSSR count). The summed E-state index contributed by atoms with van der Waals surface area (Å²) in [5.74, 6) is -1.52. The quantitative estimate of drug-likeness (QED) is 0.721. The number of rotatable bonds is 7. The molecule has 0 amide bonds. The number of esters is 2. The second-order valence-corrected chi connectivity index (χ2v) is 4.52. The van der Waals surface area contributed by atoms with E-state index in [4.69, 9.17) is 9.47 Å². The third-order valence-electron chi connectivity index (χ3n) is 2.94. The molecular weight excluding hydrogens is 270 g/mol. The molecule has 0 bridgehead atoms. The van der Waals surface area contributed by atoms with Crippen LogP contribution >= 0.6 is 0 Å². The van der Waals surface area contributed by atoms with Gasteiger partial charge in [0.2, 0.25) is 0 Å². The average Bonchev–Trinajstić information content (AvgIpc) is 2.52. The fourth-order valence-corrected chi connectivity index (χ4v) is 1.78.